The number of rotatable bonds is 6. The average Bonchev–Trinajstić information content (AvgIpc) is 2.60. The second kappa shape index (κ2) is 7.92. The number of aldehydes is 1. The fourth-order valence-electron chi connectivity index (χ4n) is 2.15. The van der Waals surface area contributed by atoms with E-state index in [9.17, 15) is 31.3 Å². The molecule has 0 atom stereocenters. The van der Waals surface area contributed by atoms with Crippen molar-refractivity contribution in [2.75, 3.05) is 0 Å². The molecule has 150 valence electrons. The Morgan fingerprint density at radius 2 is 1.79 bits per heavy atom. The summed E-state index contributed by atoms with van der Waals surface area (Å²) in [6.45, 7) is 1.40. The van der Waals surface area contributed by atoms with Gasteiger partial charge in [-0.2, -0.15) is 29.5 Å². The van der Waals surface area contributed by atoms with Gasteiger partial charge in [0.05, 0.1) is 16.2 Å². The number of azo groups is 1. The molecule has 0 amide bonds. The van der Waals surface area contributed by atoms with Gasteiger partial charge >= 0.3 is 0 Å². The molecule has 0 saturated carbocycles. The van der Waals surface area contributed by atoms with Crippen LogP contribution in [0.2, 0.25) is 0 Å². The van der Waals surface area contributed by atoms with E-state index < -0.39 is 35.7 Å². The van der Waals surface area contributed by atoms with Crippen molar-refractivity contribution in [3.05, 3.63) is 35.0 Å². The number of hydrogen-bond acceptors (Lipinski definition) is 10. The molecular formula is C14H13N3O8S3. The van der Waals surface area contributed by atoms with E-state index in [4.69, 9.17) is 4.55 Å². The van der Waals surface area contributed by atoms with Crippen molar-refractivity contribution in [2.24, 2.45) is 10.2 Å². The molecule has 0 aliphatic heterocycles. The van der Waals surface area contributed by atoms with Crippen molar-refractivity contribution in [1.82, 2.24) is 4.98 Å². The summed E-state index contributed by atoms with van der Waals surface area (Å²) in [4.78, 5) is 13.5. The zero-order chi connectivity index (χ0) is 21.3. The predicted molar refractivity (Wildman–Crippen MR) is 99.0 cm³/mol. The van der Waals surface area contributed by atoms with Crippen LogP contribution in [0.3, 0.4) is 0 Å². The van der Waals surface area contributed by atoms with E-state index in [0.29, 0.717) is 12.4 Å². The Balaban J connectivity index is 2.68. The Morgan fingerprint density at radius 1 is 1.14 bits per heavy atom. The monoisotopic (exact) mass is 447 g/mol. The number of nitrogens with zero attached hydrogens (tertiary/aromatic N) is 3. The van der Waals surface area contributed by atoms with Gasteiger partial charge in [-0.25, -0.2) is 4.98 Å². The van der Waals surface area contributed by atoms with Gasteiger partial charge in [-0.3, -0.25) is 13.9 Å². The summed E-state index contributed by atoms with van der Waals surface area (Å²) in [5.74, 6) is -0.572. The summed E-state index contributed by atoms with van der Waals surface area (Å²) in [5, 5.41) is 17.3. The number of aromatic hydroxyl groups is 1. The molecule has 2 aromatic rings. The molecule has 0 fully saturated rings. The highest BCUT2D eigenvalue weighted by Gasteiger charge is 2.21. The molecule has 0 aliphatic rings. The van der Waals surface area contributed by atoms with E-state index in [-0.39, 0.29) is 34.1 Å². The molecule has 0 unspecified atom stereocenters. The molecule has 14 heteroatoms. The highest BCUT2D eigenvalue weighted by Crippen LogP contribution is 2.33. The van der Waals surface area contributed by atoms with Crippen molar-refractivity contribution in [2.45, 2.75) is 22.5 Å². The number of aryl methyl sites for hydroxylation is 1. The van der Waals surface area contributed by atoms with Gasteiger partial charge in [0.2, 0.25) is 0 Å². The molecular weight excluding hydrogens is 434 g/mol. The summed E-state index contributed by atoms with van der Waals surface area (Å²) < 4.78 is 63.8. The van der Waals surface area contributed by atoms with Gasteiger partial charge < -0.3 is 5.11 Å². The average molecular weight is 447 g/mol. The lowest BCUT2D eigenvalue weighted by Crippen LogP contribution is -2.03. The zero-order valence-electron chi connectivity index (χ0n) is 14.0. The SMILES string of the molecule is Cc1nc(N=Nc2ccc(S(=O)(=O)O)cc2S(=O)(=O)O)c(CS)c(C=O)c1O. The van der Waals surface area contributed by atoms with Crippen molar-refractivity contribution >= 4 is 50.7 Å². The largest absolute Gasteiger partial charge is 0.505 e. The molecule has 0 saturated heterocycles. The minimum Gasteiger partial charge on any atom is -0.505 e. The maximum Gasteiger partial charge on any atom is 0.296 e. The number of aromatic nitrogens is 1. The molecule has 0 bridgehead atoms. The molecule has 1 heterocycles. The third kappa shape index (κ3) is 4.53. The second-order valence-electron chi connectivity index (χ2n) is 5.32. The van der Waals surface area contributed by atoms with Gasteiger partial charge in [0, 0.05) is 11.3 Å². The van der Waals surface area contributed by atoms with Crippen LogP contribution in [-0.4, -0.2) is 42.3 Å². The quantitative estimate of drug-likeness (QED) is 0.223. The first kappa shape index (κ1) is 21.9. The summed E-state index contributed by atoms with van der Waals surface area (Å²) in [6.07, 6.45) is 0.374. The third-order valence-electron chi connectivity index (χ3n) is 3.50. The van der Waals surface area contributed by atoms with Crippen LogP contribution in [0, 0.1) is 6.92 Å². The molecule has 2 rings (SSSR count). The van der Waals surface area contributed by atoms with Crippen LogP contribution in [0.4, 0.5) is 11.5 Å². The Morgan fingerprint density at radius 3 is 2.29 bits per heavy atom. The van der Waals surface area contributed by atoms with E-state index in [1.807, 2.05) is 0 Å². The summed E-state index contributed by atoms with van der Waals surface area (Å²) in [7, 11) is -9.66. The number of thiol groups is 1. The molecule has 0 aliphatic carbocycles. The lowest BCUT2D eigenvalue weighted by Gasteiger charge is -2.09. The van der Waals surface area contributed by atoms with Crippen molar-refractivity contribution in [3.63, 3.8) is 0 Å². The Hall–Kier alpha value is -2.39. The maximum atomic E-state index is 11.5. The molecule has 28 heavy (non-hydrogen) atoms. The second-order valence-corrected chi connectivity index (χ2v) is 8.45. The fourth-order valence-corrected chi connectivity index (χ4v) is 3.69. The van der Waals surface area contributed by atoms with Gasteiger partial charge in [0.25, 0.3) is 20.2 Å². The number of pyridine rings is 1. The zero-order valence-corrected chi connectivity index (χ0v) is 16.5. The molecule has 1 aromatic carbocycles. The van der Waals surface area contributed by atoms with E-state index >= 15 is 0 Å². The summed E-state index contributed by atoms with van der Waals surface area (Å²) >= 11 is 4.03. The highest BCUT2D eigenvalue weighted by atomic mass is 32.2. The van der Waals surface area contributed by atoms with Crippen LogP contribution >= 0.6 is 12.6 Å². The molecule has 0 spiro atoms. The Kier molecular flexibility index (Phi) is 6.20. The number of carbonyl (C=O) groups excluding carboxylic acids is 1. The number of carbonyl (C=O) groups is 1. The Labute approximate surface area is 165 Å². The minimum atomic E-state index is -4.93. The maximum absolute atomic E-state index is 11.5. The third-order valence-corrected chi connectivity index (χ3v) is 5.55. The van der Waals surface area contributed by atoms with Crippen LogP contribution in [0.25, 0.3) is 0 Å². The topological polar surface area (TPSA) is 184 Å². The summed E-state index contributed by atoms with van der Waals surface area (Å²) in [5.41, 5.74) is -0.403. The van der Waals surface area contributed by atoms with Crippen LogP contribution in [0.5, 0.6) is 5.75 Å². The molecule has 1 aromatic heterocycles. The number of hydrogen-bond donors (Lipinski definition) is 4. The first-order valence-corrected chi connectivity index (χ1v) is 10.7. The minimum absolute atomic E-state index is 0.0540. The van der Waals surface area contributed by atoms with Gasteiger partial charge in [-0.1, -0.05) is 0 Å². The van der Waals surface area contributed by atoms with E-state index in [1.54, 1.807) is 0 Å². The van der Waals surface area contributed by atoms with Crippen molar-refractivity contribution < 1.29 is 35.8 Å². The van der Waals surface area contributed by atoms with Gasteiger partial charge in [0.15, 0.2) is 12.1 Å². The predicted octanol–water partition coefficient (Wildman–Crippen LogP) is 2.25. The lowest BCUT2D eigenvalue weighted by atomic mass is 10.1. The van der Waals surface area contributed by atoms with Gasteiger partial charge in [0.1, 0.15) is 16.3 Å². The summed E-state index contributed by atoms with van der Waals surface area (Å²) in [6, 6.07) is 2.25. The fraction of sp³-hybridized carbons (Fsp3) is 0.143. The van der Waals surface area contributed by atoms with E-state index in [0.717, 1.165) is 12.1 Å². The van der Waals surface area contributed by atoms with Crippen LogP contribution < -0.4 is 0 Å². The Bertz CT molecular complexity index is 1190. The number of benzene rings is 1. The standard InChI is InChI=1S/C14H13N3O8S3/c1-7-13(19)9(5-18)10(6-26)14(15-7)17-16-11-3-2-8(27(20,21)22)4-12(11)28(23,24)25/h2-5,19,26H,6H2,1H3,(H,20,21,22)(H,23,24,25). The van der Waals surface area contributed by atoms with E-state index in [2.05, 4.69) is 27.8 Å². The van der Waals surface area contributed by atoms with E-state index in [1.165, 1.54) is 6.92 Å². The van der Waals surface area contributed by atoms with Crippen molar-refractivity contribution in [3.8, 4) is 5.75 Å². The first-order valence-electron chi connectivity index (χ1n) is 7.19. The first-order chi connectivity index (χ1) is 12.9. The molecule has 0 radical (unpaired) electrons. The van der Waals surface area contributed by atoms with Crippen molar-refractivity contribution in [1.29, 1.82) is 0 Å². The lowest BCUT2D eigenvalue weighted by molar-refractivity contribution is 0.112. The van der Waals surface area contributed by atoms with Gasteiger partial charge in [-0.15, -0.1) is 10.2 Å². The van der Waals surface area contributed by atoms with Crippen LogP contribution in [0.1, 0.15) is 21.6 Å². The highest BCUT2D eigenvalue weighted by molar-refractivity contribution is 7.86. The normalized spacial score (nSPS) is 12.4. The van der Waals surface area contributed by atoms with Crippen LogP contribution in [0.15, 0.2) is 38.2 Å². The smallest absolute Gasteiger partial charge is 0.296 e. The van der Waals surface area contributed by atoms with Gasteiger partial charge in [-0.05, 0) is 25.1 Å². The molecule has 3 N–H and O–H groups in total. The van der Waals surface area contributed by atoms with Crippen LogP contribution in [-0.2, 0) is 26.0 Å². The molecule has 11 nitrogen and oxygen atoms in total.